The van der Waals surface area contributed by atoms with Gasteiger partial charge in [0.05, 0.1) is 35.5 Å². The molecule has 1 aromatic carbocycles. The van der Waals surface area contributed by atoms with Crippen molar-refractivity contribution in [3.8, 4) is 0 Å². The van der Waals surface area contributed by atoms with Gasteiger partial charge in [0.1, 0.15) is 5.76 Å². The summed E-state index contributed by atoms with van der Waals surface area (Å²) in [7, 11) is 0. The van der Waals surface area contributed by atoms with Gasteiger partial charge in [0, 0.05) is 24.0 Å². The van der Waals surface area contributed by atoms with Gasteiger partial charge in [-0.3, -0.25) is 19.3 Å². The second-order valence-electron chi connectivity index (χ2n) is 8.29. The van der Waals surface area contributed by atoms with E-state index in [1.807, 2.05) is 19.1 Å². The van der Waals surface area contributed by atoms with Crippen molar-refractivity contribution in [1.29, 1.82) is 0 Å². The van der Waals surface area contributed by atoms with Gasteiger partial charge >= 0.3 is 0 Å². The third kappa shape index (κ3) is 6.33. The summed E-state index contributed by atoms with van der Waals surface area (Å²) in [6.07, 6.45) is 3.13. The number of para-hydroxylation sites is 1. The molecule has 1 aliphatic heterocycles. The number of nitrogens with one attached hydrogen (secondary N) is 3. The molecule has 8 nitrogen and oxygen atoms in total. The summed E-state index contributed by atoms with van der Waals surface area (Å²) in [5.41, 5.74) is 0.866. The van der Waals surface area contributed by atoms with E-state index in [4.69, 9.17) is 4.42 Å². The van der Waals surface area contributed by atoms with E-state index in [-0.39, 0.29) is 36.9 Å². The number of amides is 3. The van der Waals surface area contributed by atoms with Crippen LogP contribution in [0.1, 0.15) is 43.5 Å². The van der Waals surface area contributed by atoms with Crippen LogP contribution in [0.25, 0.3) is 0 Å². The Labute approximate surface area is 202 Å². The Hall–Kier alpha value is -3.43. The van der Waals surface area contributed by atoms with Crippen LogP contribution in [0.5, 0.6) is 0 Å². The van der Waals surface area contributed by atoms with Gasteiger partial charge in [-0.05, 0) is 56.2 Å². The SMILES string of the molecule is Cc1ccc(C(=O)NC2CCN(CC(=O)Nc3ccccc3C(=O)NCc3ccco3)CC2)s1. The number of furan rings is 1. The second kappa shape index (κ2) is 11.1. The molecule has 0 saturated carbocycles. The van der Waals surface area contributed by atoms with E-state index in [2.05, 4.69) is 20.9 Å². The predicted octanol–water partition coefficient (Wildman–Crippen LogP) is 3.41. The van der Waals surface area contributed by atoms with Crippen molar-refractivity contribution in [2.24, 2.45) is 0 Å². The Morgan fingerprint density at radius 3 is 2.53 bits per heavy atom. The molecule has 4 rings (SSSR count). The van der Waals surface area contributed by atoms with Crippen molar-refractivity contribution in [3.63, 3.8) is 0 Å². The Morgan fingerprint density at radius 1 is 1.03 bits per heavy atom. The third-order valence-electron chi connectivity index (χ3n) is 5.70. The van der Waals surface area contributed by atoms with Crippen molar-refractivity contribution in [2.75, 3.05) is 25.0 Å². The quantitative estimate of drug-likeness (QED) is 0.458. The van der Waals surface area contributed by atoms with Crippen molar-refractivity contribution < 1.29 is 18.8 Å². The van der Waals surface area contributed by atoms with Crippen molar-refractivity contribution >= 4 is 34.7 Å². The molecule has 3 heterocycles. The number of piperidine rings is 1. The van der Waals surface area contributed by atoms with Crippen LogP contribution in [0.15, 0.2) is 59.2 Å². The largest absolute Gasteiger partial charge is 0.467 e. The zero-order valence-corrected chi connectivity index (χ0v) is 19.8. The van der Waals surface area contributed by atoms with E-state index in [1.165, 1.54) is 11.3 Å². The molecule has 2 aromatic heterocycles. The minimum Gasteiger partial charge on any atom is -0.467 e. The average molecular weight is 481 g/mol. The van der Waals surface area contributed by atoms with Crippen molar-refractivity contribution in [2.45, 2.75) is 32.4 Å². The lowest BCUT2D eigenvalue weighted by Crippen LogP contribution is -2.46. The van der Waals surface area contributed by atoms with E-state index in [1.54, 1.807) is 42.7 Å². The molecule has 0 atom stereocenters. The maximum Gasteiger partial charge on any atom is 0.261 e. The molecular formula is C25H28N4O4S. The van der Waals surface area contributed by atoms with Gasteiger partial charge in [-0.25, -0.2) is 0 Å². The fourth-order valence-electron chi connectivity index (χ4n) is 3.91. The number of carbonyl (C=O) groups is 3. The van der Waals surface area contributed by atoms with Crippen LogP contribution >= 0.6 is 11.3 Å². The number of hydrogen-bond acceptors (Lipinski definition) is 6. The molecule has 1 aliphatic rings. The summed E-state index contributed by atoms with van der Waals surface area (Å²) in [5, 5.41) is 8.76. The minimum absolute atomic E-state index is 0.0313. The number of anilines is 1. The molecule has 1 saturated heterocycles. The number of likely N-dealkylation sites (tertiary alicyclic amines) is 1. The molecular weight excluding hydrogens is 452 g/mol. The molecule has 0 aliphatic carbocycles. The first-order chi connectivity index (χ1) is 16.5. The van der Waals surface area contributed by atoms with Gasteiger partial charge < -0.3 is 20.4 Å². The molecule has 1 fully saturated rings. The monoisotopic (exact) mass is 480 g/mol. The predicted molar refractivity (Wildman–Crippen MR) is 131 cm³/mol. The Morgan fingerprint density at radius 2 is 1.82 bits per heavy atom. The number of carbonyl (C=O) groups excluding carboxylic acids is 3. The standard InChI is InChI=1S/C25H28N4O4S/c1-17-8-9-22(34-17)25(32)27-18-10-12-29(13-11-18)16-23(30)28-21-7-3-2-6-20(21)24(31)26-15-19-5-4-14-33-19/h2-9,14,18H,10-13,15-16H2,1H3,(H,26,31)(H,27,32)(H,28,30). The minimum atomic E-state index is -0.287. The molecule has 3 aromatic rings. The zero-order valence-electron chi connectivity index (χ0n) is 19.0. The normalized spacial score (nSPS) is 14.5. The maximum absolute atomic E-state index is 12.7. The molecule has 3 N–H and O–H groups in total. The van der Waals surface area contributed by atoms with Crippen LogP contribution < -0.4 is 16.0 Å². The summed E-state index contributed by atoms with van der Waals surface area (Å²) in [5.74, 6) is 0.156. The molecule has 34 heavy (non-hydrogen) atoms. The van der Waals surface area contributed by atoms with E-state index in [9.17, 15) is 14.4 Å². The van der Waals surface area contributed by atoms with E-state index in [0.29, 0.717) is 30.1 Å². The molecule has 178 valence electrons. The topological polar surface area (TPSA) is 104 Å². The van der Waals surface area contributed by atoms with Crippen LogP contribution in [0, 0.1) is 6.92 Å². The average Bonchev–Trinajstić information content (AvgIpc) is 3.51. The van der Waals surface area contributed by atoms with E-state index in [0.717, 1.165) is 22.6 Å². The highest BCUT2D eigenvalue weighted by Crippen LogP contribution is 2.18. The lowest BCUT2D eigenvalue weighted by Gasteiger charge is -2.31. The summed E-state index contributed by atoms with van der Waals surface area (Å²) in [6, 6.07) is 14.4. The van der Waals surface area contributed by atoms with Crippen molar-refractivity contribution in [3.05, 3.63) is 75.9 Å². The summed E-state index contributed by atoms with van der Waals surface area (Å²) in [6.45, 7) is 3.91. The molecule has 0 spiro atoms. The number of thiophene rings is 1. The van der Waals surface area contributed by atoms with E-state index >= 15 is 0 Å². The number of benzene rings is 1. The molecule has 9 heteroatoms. The van der Waals surface area contributed by atoms with Crippen LogP contribution in [-0.4, -0.2) is 48.3 Å². The third-order valence-corrected chi connectivity index (χ3v) is 6.70. The van der Waals surface area contributed by atoms with Crippen molar-refractivity contribution in [1.82, 2.24) is 15.5 Å². The van der Waals surface area contributed by atoms with E-state index < -0.39 is 0 Å². The maximum atomic E-state index is 12.7. The summed E-state index contributed by atoms with van der Waals surface area (Å²) >= 11 is 1.49. The number of hydrogen-bond donors (Lipinski definition) is 3. The fourth-order valence-corrected chi connectivity index (χ4v) is 4.68. The number of aryl methyl sites for hydroxylation is 1. The summed E-state index contributed by atoms with van der Waals surface area (Å²) < 4.78 is 5.24. The first-order valence-electron chi connectivity index (χ1n) is 11.3. The Bertz CT molecular complexity index is 1130. The molecule has 0 bridgehead atoms. The smallest absolute Gasteiger partial charge is 0.261 e. The summed E-state index contributed by atoms with van der Waals surface area (Å²) in [4.78, 5) is 41.6. The van der Waals surface area contributed by atoms with Gasteiger partial charge in [0.15, 0.2) is 0 Å². The van der Waals surface area contributed by atoms with Crippen LogP contribution in [0.3, 0.4) is 0 Å². The van der Waals surface area contributed by atoms with Crippen LogP contribution in [0.4, 0.5) is 5.69 Å². The first kappa shape index (κ1) is 23.7. The lowest BCUT2D eigenvalue weighted by atomic mass is 10.0. The molecule has 0 radical (unpaired) electrons. The number of rotatable bonds is 8. The molecule has 3 amide bonds. The fraction of sp³-hybridized carbons (Fsp3) is 0.320. The Balaban J connectivity index is 1.24. The molecule has 0 unspecified atom stereocenters. The highest BCUT2D eigenvalue weighted by Gasteiger charge is 2.23. The lowest BCUT2D eigenvalue weighted by molar-refractivity contribution is -0.117. The van der Waals surface area contributed by atoms with Gasteiger partial charge in [0.2, 0.25) is 5.91 Å². The second-order valence-corrected chi connectivity index (χ2v) is 9.58. The van der Waals surface area contributed by atoms with Gasteiger partial charge in [-0.1, -0.05) is 12.1 Å². The first-order valence-corrected chi connectivity index (χ1v) is 12.1. The van der Waals surface area contributed by atoms with Crippen LogP contribution in [0.2, 0.25) is 0 Å². The highest BCUT2D eigenvalue weighted by molar-refractivity contribution is 7.13. The van der Waals surface area contributed by atoms with Gasteiger partial charge in [-0.15, -0.1) is 11.3 Å². The van der Waals surface area contributed by atoms with Gasteiger partial charge in [0.25, 0.3) is 11.8 Å². The highest BCUT2D eigenvalue weighted by atomic mass is 32.1. The zero-order chi connectivity index (χ0) is 23.9. The van der Waals surface area contributed by atoms with Gasteiger partial charge in [-0.2, -0.15) is 0 Å². The Kier molecular flexibility index (Phi) is 7.76. The number of nitrogens with zero attached hydrogens (tertiary/aromatic N) is 1. The van der Waals surface area contributed by atoms with Crippen LogP contribution in [-0.2, 0) is 11.3 Å².